The van der Waals surface area contributed by atoms with Gasteiger partial charge in [-0.1, -0.05) is 32.0 Å². The van der Waals surface area contributed by atoms with Crippen LogP contribution in [-0.2, 0) is 0 Å². The highest BCUT2D eigenvalue weighted by atomic mass is 19.1. The standard InChI is InChI=1S/C23H30FN7O/c1-13(2)20-28-23(32-29-20)30-10-16-6-7-17(11-30)31(16)22-15(4)21(25-12-26-22)27-19-8-5-14(3)9-18(19)24/h5,8-9,12-13,15-17,22H,6-7,10-11H2,1-4H3,(H,25,26,27). The van der Waals surface area contributed by atoms with Gasteiger partial charge < -0.3 is 14.7 Å². The number of anilines is 2. The average molecular weight is 440 g/mol. The second-order valence-electron chi connectivity index (χ2n) is 9.42. The van der Waals surface area contributed by atoms with Gasteiger partial charge in [-0.25, -0.2) is 9.38 Å². The van der Waals surface area contributed by atoms with Crippen LogP contribution < -0.4 is 10.2 Å². The van der Waals surface area contributed by atoms with Crippen molar-refractivity contribution in [1.82, 2.24) is 15.0 Å². The lowest BCUT2D eigenvalue weighted by molar-refractivity contribution is 0.0949. The molecule has 0 radical (unpaired) electrons. The summed E-state index contributed by atoms with van der Waals surface area (Å²) >= 11 is 0. The Bertz CT molecular complexity index is 1030. The van der Waals surface area contributed by atoms with E-state index in [9.17, 15) is 4.39 Å². The summed E-state index contributed by atoms with van der Waals surface area (Å²) in [6, 6.07) is 6.51. The summed E-state index contributed by atoms with van der Waals surface area (Å²) in [4.78, 5) is 18.5. The topological polar surface area (TPSA) is 82.2 Å². The molecule has 2 saturated heterocycles. The van der Waals surface area contributed by atoms with Gasteiger partial charge in [0.05, 0.1) is 11.6 Å². The molecule has 2 aromatic rings. The van der Waals surface area contributed by atoms with Gasteiger partial charge in [-0.3, -0.25) is 9.89 Å². The molecule has 3 aliphatic rings. The van der Waals surface area contributed by atoms with Crippen LogP contribution in [0.1, 0.15) is 50.9 Å². The van der Waals surface area contributed by atoms with E-state index in [0.29, 0.717) is 23.8 Å². The van der Waals surface area contributed by atoms with Gasteiger partial charge in [0, 0.05) is 31.1 Å². The number of hydrogen-bond acceptors (Lipinski definition) is 8. The van der Waals surface area contributed by atoms with Gasteiger partial charge >= 0.3 is 6.01 Å². The van der Waals surface area contributed by atoms with E-state index in [-0.39, 0.29) is 23.8 Å². The molecule has 3 aliphatic heterocycles. The minimum Gasteiger partial charge on any atom is -0.341 e. The Balaban J connectivity index is 1.30. The molecular weight excluding hydrogens is 409 g/mol. The number of aromatic nitrogens is 2. The number of halogens is 1. The first-order chi connectivity index (χ1) is 15.4. The highest BCUT2D eigenvalue weighted by Crippen LogP contribution is 2.37. The molecule has 9 heteroatoms. The van der Waals surface area contributed by atoms with Crippen molar-refractivity contribution in [3.63, 3.8) is 0 Å². The Morgan fingerprint density at radius 1 is 1.19 bits per heavy atom. The Kier molecular flexibility index (Phi) is 5.44. The third kappa shape index (κ3) is 3.79. The van der Waals surface area contributed by atoms with Crippen molar-refractivity contribution in [3.05, 3.63) is 35.4 Å². The first kappa shape index (κ1) is 21.1. The molecule has 4 heterocycles. The van der Waals surface area contributed by atoms with E-state index < -0.39 is 0 Å². The summed E-state index contributed by atoms with van der Waals surface area (Å²) in [5, 5.41) is 7.33. The third-order valence-electron chi connectivity index (χ3n) is 6.74. The van der Waals surface area contributed by atoms with Crippen molar-refractivity contribution in [1.29, 1.82) is 0 Å². The first-order valence-electron chi connectivity index (χ1n) is 11.4. The van der Waals surface area contributed by atoms with Gasteiger partial charge in [0.2, 0.25) is 0 Å². The molecule has 0 saturated carbocycles. The summed E-state index contributed by atoms with van der Waals surface area (Å²) in [5.74, 6) is 1.48. The maximum Gasteiger partial charge on any atom is 0.324 e. The summed E-state index contributed by atoms with van der Waals surface area (Å²) < 4.78 is 19.9. The van der Waals surface area contributed by atoms with Crippen LogP contribution in [0, 0.1) is 18.7 Å². The molecule has 2 bridgehead atoms. The Morgan fingerprint density at radius 3 is 2.59 bits per heavy atom. The molecule has 0 spiro atoms. The van der Waals surface area contributed by atoms with Crippen molar-refractivity contribution in [2.24, 2.45) is 15.9 Å². The molecule has 1 N–H and O–H groups in total. The van der Waals surface area contributed by atoms with Crippen LogP contribution in [0.15, 0.2) is 32.7 Å². The quantitative estimate of drug-likeness (QED) is 0.780. The molecule has 4 unspecified atom stereocenters. The number of aliphatic imine (C=N–C) groups is 2. The smallest absolute Gasteiger partial charge is 0.324 e. The monoisotopic (exact) mass is 439 g/mol. The highest BCUT2D eigenvalue weighted by Gasteiger charge is 2.47. The molecule has 1 aromatic heterocycles. The third-order valence-corrected chi connectivity index (χ3v) is 6.74. The second-order valence-corrected chi connectivity index (χ2v) is 9.42. The van der Waals surface area contributed by atoms with Gasteiger partial charge in [-0.15, -0.1) is 0 Å². The van der Waals surface area contributed by atoms with Crippen molar-refractivity contribution in [2.75, 3.05) is 23.3 Å². The van der Waals surface area contributed by atoms with E-state index >= 15 is 0 Å². The highest BCUT2D eigenvalue weighted by molar-refractivity contribution is 6.02. The zero-order valence-electron chi connectivity index (χ0n) is 19.0. The molecule has 170 valence electrons. The van der Waals surface area contributed by atoms with Crippen LogP contribution in [0.25, 0.3) is 0 Å². The van der Waals surface area contributed by atoms with Crippen LogP contribution in [0.2, 0.25) is 0 Å². The molecule has 1 aromatic carbocycles. The van der Waals surface area contributed by atoms with Crippen molar-refractivity contribution < 1.29 is 8.91 Å². The largest absolute Gasteiger partial charge is 0.341 e. The van der Waals surface area contributed by atoms with E-state index in [1.165, 1.54) is 6.07 Å². The number of aryl methyl sites for hydroxylation is 1. The Hall–Kier alpha value is -2.81. The second kappa shape index (κ2) is 8.27. The van der Waals surface area contributed by atoms with Gasteiger partial charge in [0.25, 0.3) is 0 Å². The van der Waals surface area contributed by atoms with Gasteiger partial charge in [0.1, 0.15) is 24.2 Å². The number of piperazine rings is 1. The number of nitrogens with one attached hydrogen (secondary N) is 1. The van der Waals surface area contributed by atoms with Gasteiger partial charge in [-0.2, -0.15) is 4.98 Å². The Morgan fingerprint density at radius 2 is 1.94 bits per heavy atom. The van der Waals surface area contributed by atoms with Crippen LogP contribution in [-0.4, -0.2) is 58.6 Å². The van der Waals surface area contributed by atoms with Crippen LogP contribution in [0.5, 0.6) is 0 Å². The average Bonchev–Trinajstić information content (AvgIpc) is 3.34. The molecule has 32 heavy (non-hydrogen) atoms. The van der Waals surface area contributed by atoms with E-state index in [0.717, 1.165) is 43.2 Å². The summed E-state index contributed by atoms with van der Waals surface area (Å²) in [7, 11) is 0. The number of benzene rings is 1. The van der Waals surface area contributed by atoms with Crippen molar-refractivity contribution in [3.8, 4) is 0 Å². The van der Waals surface area contributed by atoms with Crippen LogP contribution >= 0.6 is 0 Å². The van der Waals surface area contributed by atoms with Crippen molar-refractivity contribution in [2.45, 2.75) is 64.7 Å². The molecule has 0 aliphatic carbocycles. The summed E-state index contributed by atoms with van der Waals surface area (Å²) in [5.41, 5.74) is 1.34. The molecule has 2 fully saturated rings. The number of amidine groups is 1. The maximum atomic E-state index is 14.4. The zero-order valence-corrected chi connectivity index (χ0v) is 19.0. The molecule has 5 rings (SSSR count). The van der Waals surface area contributed by atoms with E-state index in [4.69, 9.17) is 9.52 Å². The fourth-order valence-electron chi connectivity index (χ4n) is 5.01. The van der Waals surface area contributed by atoms with Crippen LogP contribution in [0.4, 0.5) is 16.1 Å². The first-order valence-corrected chi connectivity index (χ1v) is 11.4. The number of fused-ring (bicyclic) bond motifs is 2. The summed E-state index contributed by atoms with van der Waals surface area (Å²) in [6.07, 6.45) is 3.80. The summed E-state index contributed by atoms with van der Waals surface area (Å²) in [6.45, 7) is 9.78. The maximum absolute atomic E-state index is 14.4. The fourth-order valence-corrected chi connectivity index (χ4v) is 5.01. The molecule has 4 atom stereocenters. The minimum atomic E-state index is -0.270. The van der Waals surface area contributed by atoms with E-state index in [1.54, 1.807) is 12.4 Å². The minimum absolute atomic E-state index is 0.0197. The predicted molar refractivity (Wildman–Crippen MR) is 123 cm³/mol. The van der Waals surface area contributed by atoms with Gasteiger partial charge in [-0.05, 0) is 37.5 Å². The number of nitrogens with zero attached hydrogens (tertiary/aromatic N) is 6. The van der Waals surface area contributed by atoms with Gasteiger partial charge in [0.15, 0.2) is 5.82 Å². The fraction of sp³-hybridized carbons (Fsp3) is 0.565. The van der Waals surface area contributed by atoms with E-state index in [2.05, 4.69) is 51.0 Å². The zero-order chi connectivity index (χ0) is 22.4. The predicted octanol–water partition coefficient (Wildman–Crippen LogP) is 3.81. The SMILES string of the molecule is Cc1ccc(NC2=NC=NC(N3C4CCC3CN(c3nc(C(C)C)no3)C4)C2C)c(F)c1. The molecule has 8 nitrogen and oxygen atoms in total. The number of rotatable bonds is 4. The Labute approximate surface area is 187 Å². The molecular formula is C23H30FN7O. The van der Waals surface area contributed by atoms with Crippen molar-refractivity contribution >= 4 is 23.9 Å². The number of hydrogen-bond donors (Lipinski definition) is 1. The normalized spacial score (nSPS) is 27.8. The lowest BCUT2D eigenvalue weighted by Crippen LogP contribution is -2.59. The molecule has 0 amide bonds. The lowest BCUT2D eigenvalue weighted by Gasteiger charge is -2.45. The lowest BCUT2D eigenvalue weighted by atomic mass is 10.0. The van der Waals surface area contributed by atoms with Crippen LogP contribution in [0.3, 0.4) is 0 Å². The van der Waals surface area contributed by atoms with E-state index in [1.807, 2.05) is 13.0 Å².